The van der Waals surface area contributed by atoms with Crippen LogP contribution in [0.15, 0.2) is 72.8 Å². The molecule has 0 aliphatic rings. The topological polar surface area (TPSA) is 86.8 Å². The smallest absolute Gasteiger partial charge is 0.244 e. The van der Waals surface area contributed by atoms with Gasteiger partial charge in [-0.1, -0.05) is 106 Å². The Hall–Kier alpha value is -3.07. The molecule has 0 aromatic heterocycles. The Bertz CT molecular complexity index is 1510. The number of nitrogens with zero attached hydrogens (tertiary/aromatic N) is 2. The minimum absolute atomic E-state index is 0.0258. The zero-order valence-corrected chi connectivity index (χ0v) is 27.9. The van der Waals surface area contributed by atoms with Crippen molar-refractivity contribution in [3.63, 3.8) is 0 Å². The number of anilines is 1. The summed E-state index contributed by atoms with van der Waals surface area (Å²) in [6.45, 7) is 10.1. The number of nitrogens with one attached hydrogen (secondary N) is 1. The van der Waals surface area contributed by atoms with Crippen molar-refractivity contribution >= 4 is 50.7 Å². The summed E-state index contributed by atoms with van der Waals surface area (Å²) in [5.41, 5.74) is 2.68. The molecule has 10 heteroatoms. The predicted molar refractivity (Wildman–Crippen MR) is 176 cm³/mol. The summed E-state index contributed by atoms with van der Waals surface area (Å²) >= 11 is 12.7. The average Bonchev–Trinajstić information content (AvgIpc) is 2.92. The van der Waals surface area contributed by atoms with Crippen LogP contribution in [0.3, 0.4) is 0 Å². The fourth-order valence-electron chi connectivity index (χ4n) is 4.55. The van der Waals surface area contributed by atoms with E-state index in [4.69, 9.17) is 23.2 Å². The normalized spacial score (nSPS) is 12.6. The van der Waals surface area contributed by atoms with Crippen molar-refractivity contribution in [1.29, 1.82) is 0 Å². The third-order valence-electron chi connectivity index (χ3n) is 7.01. The zero-order chi connectivity index (χ0) is 31.9. The molecule has 1 atom stereocenters. The van der Waals surface area contributed by atoms with Crippen LogP contribution in [0.1, 0.15) is 51.3 Å². The van der Waals surface area contributed by atoms with Gasteiger partial charge < -0.3 is 10.2 Å². The van der Waals surface area contributed by atoms with Crippen molar-refractivity contribution in [3.05, 3.63) is 99.5 Å². The highest BCUT2D eigenvalue weighted by molar-refractivity contribution is 7.92. The molecule has 0 spiro atoms. The third kappa shape index (κ3) is 9.98. The lowest BCUT2D eigenvalue weighted by atomic mass is 9.87. The minimum Gasteiger partial charge on any atom is -0.354 e. The molecule has 3 aromatic rings. The first-order chi connectivity index (χ1) is 20.1. The fraction of sp³-hybridized carbons (Fsp3) is 0.394. The van der Waals surface area contributed by atoms with E-state index < -0.39 is 28.5 Å². The van der Waals surface area contributed by atoms with Crippen molar-refractivity contribution in [1.82, 2.24) is 10.2 Å². The molecule has 0 bridgehead atoms. The van der Waals surface area contributed by atoms with Crippen LogP contribution in [0.2, 0.25) is 10.0 Å². The molecule has 7 nitrogen and oxygen atoms in total. The Morgan fingerprint density at radius 1 is 0.930 bits per heavy atom. The first-order valence-corrected chi connectivity index (χ1v) is 16.8. The molecular formula is C33H41Cl2N3O4S. The highest BCUT2D eigenvalue weighted by atomic mass is 35.5. The number of sulfonamides is 1. The Morgan fingerprint density at radius 2 is 1.56 bits per heavy atom. The number of rotatable bonds is 12. The first kappa shape index (κ1) is 34.4. The van der Waals surface area contributed by atoms with Gasteiger partial charge in [-0.25, -0.2) is 8.42 Å². The number of hydrogen-bond acceptors (Lipinski definition) is 4. The van der Waals surface area contributed by atoms with Gasteiger partial charge in [0, 0.05) is 29.6 Å². The van der Waals surface area contributed by atoms with Crippen molar-refractivity contribution in [2.45, 2.75) is 59.0 Å². The Labute approximate surface area is 266 Å². The van der Waals surface area contributed by atoms with Crippen molar-refractivity contribution < 1.29 is 18.0 Å². The number of halogens is 2. The highest BCUT2D eigenvalue weighted by Crippen LogP contribution is 2.27. The lowest BCUT2D eigenvalue weighted by molar-refractivity contribution is -0.140. The standard InChI is InChI=1S/C33H41Cl2N3O4S/c1-23(2)20-36-32(40)30(18-24-10-8-7-9-11-24)37(21-25-12-15-27(34)19-29(25)35)31(39)22-38(43(6,41)42)28-16-13-26(14-17-28)33(3,4)5/h7-17,19,23,30H,18,20-22H2,1-6H3,(H,36,40). The highest BCUT2D eigenvalue weighted by Gasteiger charge is 2.33. The summed E-state index contributed by atoms with van der Waals surface area (Å²) in [6.07, 6.45) is 1.29. The molecule has 0 saturated carbocycles. The van der Waals surface area contributed by atoms with E-state index in [9.17, 15) is 18.0 Å². The zero-order valence-electron chi connectivity index (χ0n) is 25.6. The Morgan fingerprint density at radius 3 is 2.09 bits per heavy atom. The number of carbonyl (C=O) groups excluding carboxylic acids is 2. The van der Waals surface area contributed by atoms with Gasteiger partial charge in [-0.2, -0.15) is 0 Å². The molecule has 3 aromatic carbocycles. The van der Waals surface area contributed by atoms with Gasteiger partial charge in [-0.15, -0.1) is 0 Å². The van der Waals surface area contributed by atoms with Gasteiger partial charge in [-0.3, -0.25) is 13.9 Å². The van der Waals surface area contributed by atoms with E-state index in [2.05, 4.69) is 26.1 Å². The van der Waals surface area contributed by atoms with Gasteiger partial charge in [0.15, 0.2) is 0 Å². The molecule has 43 heavy (non-hydrogen) atoms. The molecule has 0 fully saturated rings. The van der Waals surface area contributed by atoms with Crippen LogP contribution in [0.5, 0.6) is 0 Å². The van der Waals surface area contributed by atoms with E-state index in [1.807, 2.05) is 56.3 Å². The molecule has 0 heterocycles. The Kier molecular flexibility index (Phi) is 11.7. The van der Waals surface area contributed by atoms with E-state index in [0.29, 0.717) is 27.8 Å². The molecule has 0 aliphatic heterocycles. The summed E-state index contributed by atoms with van der Waals surface area (Å²) in [4.78, 5) is 29.4. The van der Waals surface area contributed by atoms with Crippen LogP contribution in [-0.2, 0) is 38.0 Å². The molecule has 1 unspecified atom stereocenters. The van der Waals surface area contributed by atoms with E-state index in [0.717, 1.165) is 21.7 Å². The molecule has 0 saturated heterocycles. The average molecular weight is 647 g/mol. The van der Waals surface area contributed by atoms with Crippen LogP contribution in [0.25, 0.3) is 0 Å². The predicted octanol–water partition coefficient (Wildman–Crippen LogP) is 6.47. The second-order valence-corrected chi connectivity index (χ2v) is 14.9. The second kappa shape index (κ2) is 14.6. The number of benzene rings is 3. The third-order valence-corrected chi connectivity index (χ3v) is 8.74. The maximum absolute atomic E-state index is 14.2. The lowest BCUT2D eigenvalue weighted by Gasteiger charge is -2.34. The van der Waals surface area contributed by atoms with E-state index in [-0.39, 0.29) is 30.2 Å². The fourth-order valence-corrected chi connectivity index (χ4v) is 5.87. The summed E-state index contributed by atoms with van der Waals surface area (Å²) in [6, 6.07) is 20.5. The molecular weight excluding hydrogens is 605 g/mol. The maximum Gasteiger partial charge on any atom is 0.244 e. The van der Waals surface area contributed by atoms with E-state index >= 15 is 0 Å². The van der Waals surface area contributed by atoms with Crippen molar-refractivity contribution in [2.75, 3.05) is 23.7 Å². The molecule has 1 N–H and O–H groups in total. The largest absolute Gasteiger partial charge is 0.354 e. The van der Waals surface area contributed by atoms with Gasteiger partial charge in [-0.05, 0) is 52.3 Å². The number of carbonyl (C=O) groups is 2. The van der Waals surface area contributed by atoms with Crippen LogP contribution in [0.4, 0.5) is 5.69 Å². The summed E-state index contributed by atoms with van der Waals surface area (Å²) in [5.74, 6) is -0.693. The number of hydrogen-bond donors (Lipinski definition) is 1. The van der Waals surface area contributed by atoms with Gasteiger partial charge in [0.2, 0.25) is 21.8 Å². The van der Waals surface area contributed by atoms with Crippen LogP contribution < -0.4 is 9.62 Å². The summed E-state index contributed by atoms with van der Waals surface area (Å²) in [5, 5.41) is 3.74. The molecule has 2 amide bonds. The first-order valence-electron chi connectivity index (χ1n) is 14.2. The Balaban J connectivity index is 2.07. The molecule has 3 rings (SSSR count). The summed E-state index contributed by atoms with van der Waals surface area (Å²) in [7, 11) is -3.87. The SMILES string of the molecule is CC(C)CNC(=O)C(Cc1ccccc1)N(Cc1ccc(Cl)cc1Cl)C(=O)CN(c1ccc(C(C)(C)C)cc1)S(C)(=O)=O. The van der Waals surface area contributed by atoms with Crippen molar-refractivity contribution in [3.8, 4) is 0 Å². The lowest BCUT2D eigenvalue weighted by Crippen LogP contribution is -2.53. The molecule has 0 aliphatic carbocycles. The van der Waals surface area contributed by atoms with Gasteiger partial charge >= 0.3 is 0 Å². The van der Waals surface area contributed by atoms with Crippen molar-refractivity contribution in [2.24, 2.45) is 5.92 Å². The monoisotopic (exact) mass is 645 g/mol. The second-order valence-electron chi connectivity index (χ2n) is 12.2. The van der Waals surface area contributed by atoms with Gasteiger partial charge in [0.1, 0.15) is 12.6 Å². The van der Waals surface area contributed by atoms with Gasteiger partial charge in [0.25, 0.3) is 0 Å². The van der Waals surface area contributed by atoms with Crippen LogP contribution in [-0.4, -0.2) is 50.5 Å². The minimum atomic E-state index is -3.87. The van der Waals surface area contributed by atoms with Crippen LogP contribution in [0, 0.1) is 5.92 Å². The summed E-state index contributed by atoms with van der Waals surface area (Å²) < 4.78 is 27.1. The molecule has 0 radical (unpaired) electrons. The van der Waals surface area contributed by atoms with Gasteiger partial charge in [0.05, 0.1) is 11.9 Å². The van der Waals surface area contributed by atoms with Crippen LogP contribution >= 0.6 is 23.2 Å². The van der Waals surface area contributed by atoms with E-state index in [1.54, 1.807) is 30.3 Å². The maximum atomic E-state index is 14.2. The van der Waals surface area contributed by atoms with E-state index in [1.165, 1.54) is 4.90 Å². The number of amides is 2. The quantitative estimate of drug-likeness (QED) is 0.245. The molecule has 232 valence electrons.